The topological polar surface area (TPSA) is 37.4 Å². The molecule has 24 heavy (non-hydrogen) atoms. The molecule has 126 valence electrons. The summed E-state index contributed by atoms with van der Waals surface area (Å²) in [5, 5.41) is 1.69. The van der Waals surface area contributed by atoms with E-state index in [-0.39, 0.29) is 0 Å². The first-order chi connectivity index (χ1) is 11.6. The van der Waals surface area contributed by atoms with Crippen LogP contribution in [0.1, 0.15) is 22.8 Å². The van der Waals surface area contributed by atoms with Gasteiger partial charge in [-0.3, -0.25) is 0 Å². The number of hydrogen-bond donors (Lipinski definition) is 0. The van der Waals surface area contributed by atoms with Crippen molar-refractivity contribution in [3.8, 4) is 0 Å². The summed E-state index contributed by atoms with van der Waals surface area (Å²) in [7, 11) is -3.37. The van der Waals surface area contributed by atoms with Crippen LogP contribution in [0.3, 0.4) is 0 Å². The Morgan fingerprint density at radius 2 is 1.62 bits per heavy atom. The lowest BCUT2D eigenvalue weighted by molar-refractivity contribution is 0.435. The van der Waals surface area contributed by atoms with Crippen LogP contribution in [0.5, 0.6) is 0 Å². The molecule has 2 aromatic rings. The van der Waals surface area contributed by atoms with Gasteiger partial charge in [-0.05, 0) is 23.6 Å². The molecule has 1 unspecified atom stereocenters. The molecule has 1 saturated heterocycles. The predicted molar refractivity (Wildman–Crippen MR) is 102 cm³/mol. The molecule has 1 aliphatic heterocycles. The maximum Gasteiger partial charge on any atom is 0.236 e. The number of thioether (sulfide) groups is 1. The van der Waals surface area contributed by atoms with Crippen LogP contribution in [-0.4, -0.2) is 31.6 Å². The Morgan fingerprint density at radius 3 is 2.33 bits per heavy atom. The van der Waals surface area contributed by atoms with E-state index < -0.39 is 10.0 Å². The van der Waals surface area contributed by atoms with Crippen molar-refractivity contribution in [2.75, 3.05) is 18.8 Å². The lowest BCUT2D eigenvalue weighted by atomic mass is 10.1. The fourth-order valence-corrected chi connectivity index (χ4v) is 5.31. The van der Waals surface area contributed by atoms with Gasteiger partial charge in [0.1, 0.15) is 0 Å². The molecule has 1 atom stereocenters. The quantitative estimate of drug-likeness (QED) is 0.822. The van der Waals surface area contributed by atoms with E-state index in [2.05, 4.69) is 12.1 Å². The highest BCUT2D eigenvalue weighted by atomic mass is 32.2. The Bertz CT molecular complexity index is 774. The van der Waals surface area contributed by atoms with Crippen molar-refractivity contribution in [1.82, 2.24) is 4.31 Å². The molecule has 0 saturated carbocycles. The third kappa shape index (κ3) is 4.50. The van der Waals surface area contributed by atoms with Crippen LogP contribution in [0.25, 0.3) is 6.08 Å². The van der Waals surface area contributed by atoms with E-state index in [1.54, 1.807) is 10.4 Å². The molecule has 0 bridgehead atoms. The molecule has 0 amide bonds. The van der Waals surface area contributed by atoms with Gasteiger partial charge < -0.3 is 0 Å². The lowest BCUT2D eigenvalue weighted by Crippen LogP contribution is -2.31. The summed E-state index contributed by atoms with van der Waals surface area (Å²) < 4.78 is 26.8. The van der Waals surface area contributed by atoms with Gasteiger partial charge in [0.05, 0.1) is 0 Å². The van der Waals surface area contributed by atoms with E-state index in [1.807, 2.05) is 60.3 Å². The molecule has 0 aromatic heterocycles. The van der Waals surface area contributed by atoms with Crippen molar-refractivity contribution in [3.63, 3.8) is 0 Å². The number of benzene rings is 2. The molecule has 0 radical (unpaired) electrons. The van der Waals surface area contributed by atoms with Gasteiger partial charge in [-0.15, -0.1) is 0 Å². The predicted octanol–water partition coefficient (Wildman–Crippen LogP) is 4.17. The van der Waals surface area contributed by atoms with Gasteiger partial charge in [-0.25, -0.2) is 8.42 Å². The molecular weight excluding hydrogens is 338 g/mol. The van der Waals surface area contributed by atoms with Crippen molar-refractivity contribution in [2.45, 2.75) is 11.7 Å². The second-order valence-electron chi connectivity index (χ2n) is 5.72. The fourth-order valence-electron chi connectivity index (χ4n) is 2.75. The molecule has 2 aromatic carbocycles. The summed E-state index contributed by atoms with van der Waals surface area (Å²) in [5.41, 5.74) is 2.18. The summed E-state index contributed by atoms with van der Waals surface area (Å²) in [6, 6.07) is 19.9. The van der Waals surface area contributed by atoms with E-state index in [0.717, 1.165) is 17.7 Å². The molecular formula is C19H21NO2S2. The third-order valence-electron chi connectivity index (χ3n) is 4.06. The van der Waals surface area contributed by atoms with Gasteiger partial charge in [0.2, 0.25) is 10.0 Å². The first-order valence-corrected chi connectivity index (χ1v) is 10.6. The molecule has 5 heteroatoms. The summed E-state index contributed by atoms with van der Waals surface area (Å²) in [4.78, 5) is 0. The maximum atomic E-state index is 12.6. The molecule has 0 N–H and O–H groups in total. The van der Waals surface area contributed by atoms with Gasteiger partial charge in [0, 0.05) is 29.5 Å². The number of nitrogens with zero attached hydrogens (tertiary/aromatic N) is 1. The lowest BCUT2D eigenvalue weighted by Gasteiger charge is -2.17. The maximum absolute atomic E-state index is 12.6. The molecule has 0 spiro atoms. The van der Waals surface area contributed by atoms with Gasteiger partial charge in [-0.2, -0.15) is 16.1 Å². The van der Waals surface area contributed by atoms with E-state index in [1.165, 1.54) is 11.0 Å². The summed E-state index contributed by atoms with van der Waals surface area (Å²) in [6.07, 6.45) is 2.51. The smallest absolute Gasteiger partial charge is 0.208 e. The number of sulfonamides is 1. The average molecular weight is 360 g/mol. The Kier molecular flexibility index (Phi) is 5.76. The highest BCUT2D eigenvalue weighted by Gasteiger charge is 2.25. The third-order valence-corrected chi connectivity index (χ3v) is 6.96. The van der Waals surface area contributed by atoms with Crippen molar-refractivity contribution in [1.29, 1.82) is 0 Å². The zero-order chi connectivity index (χ0) is 16.8. The van der Waals surface area contributed by atoms with Crippen LogP contribution < -0.4 is 0 Å². The van der Waals surface area contributed by atoms with Crippen LogP contribution in [0.4, 0.5) is 0 Å². The summed E-state index contributed by atoms with van der Waals surface area (Å²) >= 11 is 1.84. The zero-order valence-corrected chi connectivity index (χ0v) is 15.0. The highest BCUT2D eigenvalue weighted by Crippen LogP contribution is 2.34. The normalized spacial score (nSPS) is 20.1. The minimum Gasteiger partial charge on any atom is -0.208 e. The molecule has 1 heterocycles. The second kappa shape index (κ2) is 8.01. The van der Waals surface area contributed by atoms with E-state index in [9.17, 15) is 8.42 Å². The molecule has 0 aliphatic carbocycles. The van der Waals surface area contributed by atoms with Crippen LogP contribution >= 0.6 is 11.8 Å². The monoisotopic (exact) mass is 359 g/mol. The summed E-state index contributed by atoms with van der Waals surface area (Å²) in [5.74, 6) is 0.817. The van der Waals surface area contributed by atoms with E-state index >= 15 is 0 Å². The van der Waals surface area contributed by atoms with E-state index in [0.29, 0.717) is 18.3 Å². The number of rotatable bonds is 4. The number of hydrogen-bond acceptors (Lipinski definition) is 3. The first kappa shape index (κ1) is 17.3. The molecule has 3 rings (SSSR count). The SMILES string of the molecule is O=S(=O)(C=Cc1ccccc1)N1CCSC(c2ccccc2)CC1. The minimum atomic E-state index is -3.37. The van der Waals surface area contributed by atoms with Crippen molar-refractivity contribution in [2.24, 2.45) is 0 Å². The van der Waals surface area contributed by atoms with Gasteiger partial charge in [-0.1, -0.05) is 60.7 Å². The second-order valence-corrected chi connectivity index (χ2v) is 8.85. The minimum absolute atomic E-state index is 0.365. The van der Waals surface area contributed by atoms with Crippen molar-refractivity contribution >= 4 is 27.9 Å². The Hall–Kier alpha value is -1.56. The highest BCUT2D eigenvalue weighted by molar-refractivity contribution is 7.99. The van der Waals surface area contributed by atoms with Gasteiger partial charge >= 0.3 is 0 Å². The summed E-state index contributed by atoms with van der Waals surface area (Å²) in [6.45, 7) is 1.13. The van der Waals surface area contributed by atoms with Gasteiger partial charge in [0.25, 0.3) is 0 Å². The largest absolute Gasteiger partial charge is 0.236 e. The Balaban J connectivity index is 1.68. The molecule has 3 nitrogen and oxygen atoms in total. The van der Waals surface area contributed by atoms with Crippen LogP contribution in [0, 0.1) is 0 Å². The average Bonchev–Trinajstić information content (AvgIpc) is 2.89. The fraction of sp³-hybridized carbons (Fsp3) is 0.263. The van der Waals surface area contributed by atoms with Crippen LogP contribution in [-0.2, 0) is 10.0 Å². The Labute approximate surface area is 148 Å². The van der Waals surface area contributed by atoms with Crippen molar-refractivity contribution < 1.29 is 8.42 Å². The Morgan fingerprint density at radius 1 is 0.958 bits per heavy atom. The van der Waals surface area contributed by atoms with Gasteiger partial charge in [0.15, 0.2) is 0 Å². The van der Waals surface area contributed by atoms with Crippen LogP contribution in [0.15, 0.2) is 66.1 Å². The standard InChI is InChI=1S/C19H21NO2S2/c21-24(22,16-12-17-7-3-1-4-8-17)20-13-11-19(23-15-14-20)18-9-5-2-6-10-18/h1-10,12,16,19H,11,13-15H2. The molecule has 1 aliphatic rings. The zero-order valence-electron chi connectivity index (χ0n) is 13.4. The van der Waals surface area contributed by atoms with E-state index in [4.69, 9.17) is 0 Å². The van der Waals surface area contributed by atoms with Crippen LogP contribution in [0.2, 0.25) is 0 Å². The first-order valence-electron chi connectivity index (χ1n) is 8.05. The molecule has 1 fully saturated rings. The van der Waals surface area contributed by atoms with Crippen molar-refractivity contribution in [3.05, 3.63) is 77.2 Å².